The monoisotopic (exact) mass is 313 g/mol. The third-order valence-corrected chi connectivity index (χ3v) is 3.66. The Bertz CT molecular complexity index is 377. The molecule has 0 aliphatic carbocycles. The van der Waals surface area contributed by atoms with Gasteiger partial charge in [-0.15, -0.1) is 0 Å². The summed E-state index contributed by atoms with van der Waals surface area (Å²) in [6.45, 7) is 7.74. The molecule has 3 N–H and O–H groups in total. The van der Waals surface area contributed by atoms with E-state index in [2.05, 4.69) is 47.0 Å². The Labute approximate surface area is 119 Å². The van der Waals surface area contributed by atoms with Crippen LogP contribution in [0.5, 0.6) is 0 Å². The first-order valence-electron chi connectivity index (χ1n) is 6.59. The molecule has 0 atom stereocenters. The number of anilines is 2. The van der Waals surface area contributed by atoms with Gasteiger partial charge in [0.15, 0.2) is 0 Å². The van der Waals surface area contributed by atoms with Crippen molar-refractivity contribution in [2.24, 2.45) is 5.41 Å². The second-order valence-corrected chi connectivity index (χ2v) is 6.43. The van der Waals surface area contributed by atoms with Crippen LogP contribution < -0.4 is 11.1 Å². The largest absolute Gasteiger partial charge is 0.397 e. The number of nitrogens with one attached hydrogen (secondary N) is 1. The van der Waals surface area contributed by atoms with Crippen LogP contribution >= 0.6 is 15.9 Å². The summed E-state index contributed by atoms with van der Waals surface area (Å²) in [5.41, 5.74) is 6.64. The van der Waals surface area contributed by atoms with Gasteiger partial charge in [-0.3, -0.25) is 0 Å². The predicted octanol–water partition coefficient (Wildman–Crippen LogP) is 4.44. The van der Waals surface area contributed by atoms with Crippen molar-refractivity contribution in [2.75, 3.05) is 17.6 Å². The van der Waals surface area contributed by atoms with E-state index in [1.165, 1.54) is 25.7 Å². The summed E-state index contributed by atoms with van der Waals surface area (Å²) in [4.78, 5) is 4.29. The Morgan fingerprint density at radius 2 is 2.11 bits per heavy atom. The first-order valence-corrected chi connectivity index (χ1v) is 7.39. The van der Waals surface area contributed by atoms with Gasteiger partial charge in [0.1, 0.15) is 5.82 Å². The number of hydrogen-bond acceptors (Lipinski definition) is 3. The minimum atomic E-state index is 0.289. The van der Waals surface area contributed by atoms with Crippen LogP contribution in [0.4, 0.5) is 11.5 Å². The smallest absolute Gasteiger partial charge is 0.140 e. The van der Waals surface area contributed by atoms with Crippen molar-refractivity contribution in [3.63, 3.8) is 0 Å². The van der Waals surface area contributed by atoms with Crippen LogP contribution in [0.25, 0.3) is 0 Å². The fourth-order valence-electron chi connectivity index (χ4n) is 1.85. The SMILES string of the molecule is CCCCCC(C)(C)CNc1ncc(N)cc1Br. The van der Waals surface area contributed by atoms with Crippen molar-refractivity contribution in [3.8, 4) is 0 Å². The van der Waals surface area contributed by atoms with E-state index in [4.69, 9.17) is 5.73 Å². The molecule has 0 aliphatic heterocycles. The molecule has 1 heterocycles. The summed E-state index contributed by atoms with van der Waals surface area (Å²) in [5.74, 6) is 0.868. The maximum absolute atomic E-state index is 5.67. The number of aromatic nitrogens is 1. The van der Waals surface area contributed by atoms with E-state index in [-0.39, 0.29) is 5.41 Å². The number of unbranched alkanes of at least 4 members (excludes halogenated alkanes) is 2. The third-order valence-electron chi connectivity index (χ3n) is 3.05. The van der Waals surface area contributed by atoms with Gasteiger partial charge in [-0.25, -0.2) is 4.98 Å². The molecule has 4 heteroatoms. The van der Waals surface area contributed by atoms with Crippen molar-refractivity contribution in [1.82, 2.24) is 4.98 Å². The molecule has 0 radical (unpaired) electrons. The summed E-state index contributed by atoms with van der Waals surface area (Å²) in [6.07, 6.45) is 6.79. The molecule has 18 heavy (non-hydrogen) atoms. The van der Waals surface area contributed by atoms with Crippen LogP contribution in [0.15, 0.2) is 16.7 Å². The van der Waals surface area contributed by atoms with E-state index in [1.54, 1.807) is 6.20 Å². The van der Waals surface area contributed by atoms with E-state index < -0.39 is 0 Å². The molecule has 1 aromatic heterocycles. The quantitative estimate of drug-likeness (QED) is 0.731. The predicted molar refractivity (Wildman–Crippen MR) is 82.8 cm³/mol. The van der Waals surface area contributed by atoms with Gasteiger partial charge in [0, 0.05) is 6.54 Å². The lowest BCUT2D eigenvalue weighted by atomic mass is 9.87. The molecule has 0 bridgehead atoms. The van der Waals surface area contributed by atoms with Crippen LogP contribution in [0.1, 0.15) is 46.5 Å². The van der Waals surface area contributed by atoms with Gasteiger partial charge in [-0.2, -0.15) is 0 Å². The van der Waals surface area contributed by atoms with Crippen molar-refractivity contribution in [1.29, 1.82) is 0 Å². The van der Waals surface area contributed by atoms with Crippen LogP contribution in [-0.4, -0.2) is 11.5 Å². The number of pyridine rings is 1. The zero-order valence-electron chi connectivity index (χ0n) is 11.6. The molecule has 0 saturated carbocycles. The van der Waals surface area contributed by atoms with Crippen molar-refractivity contribution in [3.05, 3.63) is 16.7 Å². The van der Waals surface area contributed by atoms with Gasteiger partial charge in [0.2, 0.25) is 0 Å². The average Bonchev–Trinajstić information content (AvgIpc) is 2.28. The van der Waals surface area contributed by atoms with Gasteiger partial charge in [-0.05, 0) is 33.8 Å². The molecule has 3 nitrogen and oxygen atoms in total. The summed E-state index contributed by atoms with van der Waals surface area (Å²) in [6, 6.07) is 1.87. The summed E-state index contributed by atoms with van der Waals surface area (Å²) in [5, 5.41) is 3.39. The Balaban J connectivity index is 2.48. The Morgan fingerprint density at radius 1 is 1.39 bits per heavy atom. The first kappa shape index (κ1) is 15.3. The second kappa shape index (κ2) is 6.98. The Hall–Kier alpha value is -0.770. The van der Waals surface area contributed by atoms with Gasteiger partial charge in [-0.1, -0.05) is 40.0 Å². The van der Waals surface area contributed by atoms with Crippen LogP contribution in [-0.2, 0) is 0 Å². The topological polar surface area (TPSA) is 50.9 Å². The molecule has 0 aromatic carbocycles. The molecule has 0 saturated heterocycles. The van der Waals surface area contributed by atoms with Crippen LogP contribution in [0.3, 0.4) is 0 Å². The van der Waals surface area contributed by atoms with E-state index in [1.807, 2.05) is 6.07 Å². The fraction of sp³-hybridized carbons (Fsp3) is 0.643. The van der Waals surface area contributed by atoms with E-state index in [0.717, 1.165) is 16.8 Å². The minimum absolute atomic E-state index is 0.289. The number of hydrogen-bond donors (Lipinski definition) is 2. The number of nitrogen functional groups attached to an aromatic ring is 1. The van der Waals surface area contributed by atoms with Gasteiger partial charge in [0.25, 0.3) is 0 Å². The molecule has 0 aliphatic rings. The minimum Gasteiger partial charge on any atom is -0.397 e. The zero-order chi connectivity index (χ0) is 13.6. The zero-order valence-corrected chi connectivity index (χ0v) is 13.2. The highest BCUT2D eigenvalue weighted by molar-refractivity contribution is 9.10. The lowest BCUT2D eigenvalue weighted by molar-refractivity contribution is 0.342. The standard InChI is InChI=1S/C14H24BrN3/c1-4-5-6-7-14(2,3)10-18-13-12(15)8-11(16)9-17-13/h8-9H,4-7,10,16H2,1-3H3,(H,17,18). The molecule has 0 amide bonds. The number of nitrogens with zero attached hydrogens (tertiary/aromatic N) is 1. The maximum Gasteiger partial charge on any atom is 0.140 e. The molecule has 0 unspecified atom stereocenters. The van der Waals surface area contributed by atoms with E-state index in [9.17, 15) is 0 Å². The summed E-state index contributed by atoms with van der Waals surface area (Å²) >= 11 is 3.47. The van der Waals surface area contributed by atoms with Crippen molar-refractivity contribution in [2.45, 2.75) is 46.5 Å². The average molecular weight is 314 g/mol. The number of halogens is 1. The lowest BCUT2D eigenvalue weighted by Crippen LogP contribution is -2.23. The third kappa shape index (κ3) is 5.25. The second-order valence-electron chi connectivity index (χ2n) is 5.57. The Kier molecular flexibility index (Phi) is 5.93. The normalized spacial score (nSPS) is 11.6. The highest BCUT2D eigenvalue weighted by atomic mass is 79.9. The molecule has 1 rings (SSSR count). The number of rotatable bonds is 7. The van der Waals surface area contributed by atoms with Crippen molar-refractivity contribution >= 4 is 27.4 Å². The summed E-state index contributed by atoms with van der Waals surface area (Å²) < 4.78 is 0.923. The molecular weight excluding hydrogens is 290 g/mol. The lowest BCUT2D eigenvalue weighted by Gasteiger charge is -2.25. The Morgan fingerprint density at radius 3 is 2.72 bits per heavy atom. The molecule has 0 fully saturated rings. The van der Waals surface area contributed by atoms with Gasteiger partial charge < -0.3 is 11.1 Å². The van der Waals surface area contributed by atoms with E-state index in [0.29, 0.717) is 5.69 Å². The molecular formula is C14H24BrN3. The number of nitrogens with two attached hydrogens (primary N) is 1. The fourth-order valence-corrected chi connectivity index (χ4v) is 2.35. The molecule has 1 aromatic rings. The van der Waals surface area contributed by atoms with Crippen molar-refractivity contribution < 1.29 is 0 Å². The van der Waals surface area contributed by atoms with Crippen LogP contribution in [0, 0.1) is 5.41 Å². The van der Waals surface area contributed by atoms with E-state index >= 15 is 0 Å². The molecule has 102 valence electrons. The van der Waals surface area contributed by atoms with Gasteiger partial charge in [0.05, 0.1) is 16.4 Å². The molecule has 0 spiro atoms. The first-order chi connectivity index (χ1) is 8.44. The van der Waals surface area contributed by atoms with Gasteiger partial charge >= 0.3 is 0 Å². The highest BCUT2D eigenvalue weighted by Crippen LogP contribution is 2.27. The summed E-state index contributed by atoms with van der Waals surface area (Å²) in [7, 11) is 0. The highest BCUT2D eigenvalue weighted by Gasteiger charge is 2.17. The van der Waals surface area contributed by atoms with Crippen LogP contribution in [0.2, 0.25) is 0 Å². The maximum atomic E-state index is 5.67.